The van der Waals surface area contributed by atoms with E-state index in [0.717, 1.165) is 5.56 Å². The van der Waals surface area contributed by atoms with E-state index in [1.165, 1.54) is 0 Å². The highest BCUT2D eigenvalue weighted by Crippen LogP contribution is 2.23. The van der Waals surface area contributed by atoms with Gasteiger partial charge in [0.1, 0.15) is 12.2 Å². The number of hydrogen-bond donors (Lipinski definition) is 3. The van der Waals surface area contributed by atoms with Crippen LogP contribution in [0.3, 0.4) is 0 Å². The van der Waals surface area contributed by atoms with E-state index in [1.54, 1.807) is 27.7 Å². The van der Waals surface area contributed by atoms with Gasteiger partial charge in [-0.2, -0.15) is 0 Å². The van der Waals surface area contributed by atoms with Gasteiger partial charge in [-0.15, -0.1) is 0 Å². The summed E-state index contributed by atoms with van der Waals surface area (Å²) in [5.74, 6) is -1.31. The minimum atomic E-state index is -1.30. The first-order chi connectivity index (χ1) is 13.3. The average Bonchev–Trinajstić information content (AvgIpc) is 2.56. The molecule has 2 unspecified atom stereocenters. The fourth-order valence-corrected chi connectivity index (χ4v) is 3.03. The standard InChI is InChI=1S/C21H32N2O6/c1-14(2)17(22-18(26)29-20(3,4)5)21(6,12-16(24)25)23-19(27)28-13-15-10-8-7-9-11-15/h7-11,14,17H,12-13H2,1-6H3,(H,22,26)(H,23,27)(H,24,25). The number of carbonyl (C=O) groups excluding carboxylic acids is 2. The van der Waals surface area contributed by atoms with Crippen LogP contribution in [0.5, 0.6) is 0 Å². The molecule has 0 aliphatic rings. The van der Waals surface area contributed by atoms with E-state index in [4.69, 9.17) is 9.47 Å². The minimum absolute atomic E-state index is 0.0433. The SMILES string of the molecule is CC(C)C(NC(=O)OC(C)(C)C)C(C)(CC(=O)O)NC(=O)OCc1ccccc1. The number of hydrogen-bond acceptors (Lipinski definition) is 5. The second-order valence-electron chi connectivity index (χ2n) is 8.54. The third-order valence-electron chi connectivity index (χ3n) is 4.14. The molecule has 0 aromatic heterocycles. The number of benzene rings is 1. The number of amides is 2. The smallest absolute Gasteiger partial charge is 0.407 e. The molecular formula is C21H32N2O6. The van der Waals surface area contributed by atoms with Crippen LogP contribution in [0.25, 0.3) is 0 Å². The van der Waals surface area contributed by atoms with Gasteiger partial charge in [-0.3, -0.25) is 4.79 Å². The first-order valence-corrected chi connectivity index (χ1v) is 9.52. The molecule has 162 valence electrons. The van der Waals surface area contributed by atoms with Gasteiger partial charge in [-0.1, -0.05) is 44.2 Å². The number of nitrogens with one attached hydrogen (secondary N) is 2. The van der Waals surface area contributed by atoms with E-state index in [1.807, 2.05) is 44.2 Å². The molecule has 0 fully saturated rings. The summed E-state index contributed by atoms with van der Waals surface area (Å²) in [5.41, 5.74) is -1.21. The predicted octanol–water partition coefficient (Wildman–Crippen LogP) is 3.70. The zero-order valence-corrected chi connectivity index (χ0v) is 17.9. The maximum atomic E-state index is 12.4. The zero-order chi connectivity index (χ0) is 22.2. The molecule has 2 atom stereocenters. The second kappa shape index (κ2) is 10.1. The Morgan fingerprint density at radius 2 is 1.62 bits per heavy atom. The summed E-state index contributed by atoms with van der Waals surface area (Å²) < 4.78 is 10.5. The predicted molar refractivity (Wildman–Crippen MR) is 108 cm³/mol. The Balaban J connectivity index is 2.94. The third kappa shape index (κ3) is 8.85. The van der Waals surface area contributed by atoms with Gasteiger partial charge in [0.15, 0.2) is 0 Å². The van der Waals surface area contributed by atoms with Crippen molar-refractivity contribution < 1.29 is 29.0 Å². The first-order valence-electron chi connectivity index (χ1n) is 9.52. The molecular weight excluding hydrogens is 376 g/mol. The highest BCUT2D eigenvalue weighted by molar-refractivity contribution is 5.74. The van der Waals surface area contributed by atoms with Crippen molar-refractivity contribution >= 4 is 18.2 Å². The van der Waals surface area contributed by atoms with Crippen LogP contribution in [-0.4, -0.2) is 40.4 Å². The largest absolute Gasteiger partial charge is 0.481 e. The molecule has 0 spiro atoms. The third-order valence-corrected chi connectivity index (χ3v) is 4.14. The molecule has 1 rings (SSSR count). The van der Waals surface area contributed by atoms with Crippen molar-refractivity contribution in [3.8, 4) is 0 Å². The molecule has 0 aliphatic heterocycles. The van der Waals surface area contributed by atoms with Gasteiger partial charge in [0.25, 0.3) is 0 Å². The maximum absolute atomic E-state index is 12.4. The zero-order valence-electron chi connectivity index (χ0n) is 17.9. The van der Waals surface area contributed by atoms with Crippen molar-refractivity contribution in [2.24, 2.45) is 5.92 Å². The fraction of sp³-hybridized carbons (Fsp3) is 0.571. The number of carboxylic acid groups (broad SMARTS) is 1. The maximum Gasteiger partial charge on any atom is 0.407 e. The molecule has 1 aromatic carbocycles. The van der Waals surface area contributed by atoms with E-state index >= 15 is 0 Å². The Morgan fingerprint density at radius 3 is 2.10 bits per heavy atom. The quantitative estimate of drug-likeness (QED) is 0.604. The molecule has 8 nitrogen and oxygen atoms in total. The summed E-state index contributed by atoms with van der Waals surface area (Å²) in [5, 5.41) is 14.7. The van der Waals surface area contributed by atoms with Crippen LogP contribution in [0.2, 0.25) is 0 Å². The van der Waals surface area contributed by atoms with Crippen LogP contribution in [0, 0.1) is 5.92 Å². The van der Waals surface area contributed by atoms with Gasteiger partial charge in [-0.25, -0.2) is 9.59 Å². The molecule has 0 heterocycles. The Labute approximate surface area is 172 Å². The lowest BCUT2D eigenvalue weighted by Gasteiger charge is -2.40. The van der Waals surface area contributed by atoms with Gasteiger partial charge in [0, 0.05) is 0 Å². The number of rotatable bonds is 8. The highest BCUT2D eigenvalue weighted by Gasteiger charge is 2.41. The number of alkyl carbamates (subject to hydrolysis) is 2. The van der Waals surface area contributed by atoms with E-state index < -0.39 is 41.8 Å². The lowest BCUT2D eigenvalue weighted by atomic mass is 9.82. The summed E-state index contributed by atoms with van der Waals surface area (Å²) in [6.07, 6.45) is -1.87. The van der Waals surface area contributed by atoms with E-state index in [2.05, 4.69) is 10.6 Å². The van der Waals surface area contributed by atoms with Crippen LogP contribution < -0.4 is 10.6 Å². The van der Waals surface area contributed by atoms with Crippen LogP contribution in [-0.2, 0) is 20.9 Å². The summed E-state index contributed by atoms with van der Waals surface area (Å²) in [7, 11) is 0. The Kier molecular flexibility index (Phi) is 8.48. The van der Waals surface area contributed by atoms with Crippen molar-refractivity contribution in [2.45, 2.75) is 71.8 Å². The highest BCUT2D eigenvalue weighted by atomic mass is 16.6. The topological polar surface area (TPSA) is 114 Å². The first kappa shape index (κ1) is 24.3. The van der Waals surface area contributed by atoms with Crippen LogP contribution >= 0.6 is 0 Å². The molecule has 29 heavy (non-hydrogen) atoms. The average molecular weight is 408 g/mol. The van der Waals surface area contributed by atoms with Crippen molar-refractivity contribution in [3.63, 3.8) is 0 Å². The molecule has 3 N–H and O–H groups in total. The molecule has 0 bridgehead atoms. The molecule has 1 aromatic rings. The Hall–Kier alpha value is -2.77. The van der Waals surface area contributed by atoms with E-state index in [-0.39, 0.29) is 12.5 Å². The fourth-order valence-electron chi connectivity index (χ4n) is 3.03. The lowest BCUT2D eigenvalue weighted by Crippen LogP contribution is -2.63. The van der Waals surface area contributed by atoms with Gasteiger partial charge < -0.3 is 25.2 Å². The lowest BCUT2D eigenvalue weighted by molar-refractivity contribution is -0.139. The molecule has 2 amide bonds. The Morgan fingerprint density at radius 1 is 1.03 bits per heavy atom. The van der Waals surface area contributed by atoms with Gasteiger partial charge in [0.05, 0.1) is 18.0 Å². The van der Waals surface area contributed by atoms with E-state index in [0.29, 0.717) is 0 Å². The van der Waals surface area contributed by atoms with Crippen molar-refractivity contribution in [1.82, 2.24) is 10.6 Å². The summed E-state index contributed by atoms with van der Waals surface area (Å²) in [6, 6.07) is 8.41. The van der Waals surface area contributed by atoms with Crippen molar-refractivity contribution in [2.75, 3.05) is 0 Å². The number of ether oxygens (including phenoxy) is 2. The van der Waals surface area contributed by atoms with Gasteiger partial charge in [0.2, 0.25) is 0 Å². The van der Waals surface area contributed by atoms with Crippen LogP contribution in [0.1, 0.15) is 53.5 Å². The summed E-state index contributed by atoms with van der Waals surface area (Å²) in [4.78, 5) is 36.1. The molecule has 0 saturated heterocycles. The normalized spacial score (nSPS) is 14.4. The molecule has 8 heteroatoms. The van der Waals surface area contributed by atoms with Crippen molar-refractivity contribution in [3.05, 3.63) is 35.9 Å². The molecule has 0 radical (unpaired) electrons. The van der Waals surface area contributed by atoms with E-state index in [9.17, 15) is 19.5 Å². The monoisotopic (exact) mass is 408 g/mol. The van der Waals surface area contributed by atoms with Gasteiger partial charge in [-0.05, 0) is 39.2 Å². The van der Waals surface area contributed by atoms with Crippen LogP contribution in [0.15, 0.2) is 30.3 Å². The number of carbonyl (C=O) groups is 3. The van der Waals surface area contributed by atoms with Crippen molar-refractivity contribution in [1.29, 1.82) is 0 Å². The van der Waals surface area contributed by atoms with Gasteiger partial charge >= 0.3 is 18.2 Å². The second-order valence-corrected chi connectivity index (χ2v) is 8.54. The van der Waals surface area contributed by atoms with Crippen LogP contribution in [0.4, 0.5) is 9.59 Å². The Bertz CT molecular complexity index is 699. The number of aliphatic carboxylic acids is 1. The summed E-state index contributed by atoms with van der Waals surface area (Å²) >= 11 is 0. The molecule has 0 aliphatic carbocycles. The minimum Gasteiger partial charge on any atom is -0.481 e. The summed E-state index contributed by atoms with van der Waals surface area (Å²) in [6.45, 7) is 10.4. The number of carboxylic acids is 1. The molecule has 0 saturated carbocycles.